The SMILES string of the molecule is C=C/C=C(\C=C/C)CC1CCCOC1c1csc(C(=S)OC)c1. The molecule has 2 heterocycles. The highest BCUT2D eigenvalue weighted by Gasteiger charge is 2.28. The molecule has 4 heteroatoms. The van der Waals surface area contributed by atoms with E-state index in [4.69, 9.17) is 21.7 Å². The van der Waals surface area contributed by atoms with E-state index in [-0.39, 0.29) is 6.10 Å². The van der Waals surface area contributed by atoms with Crippen molar-refractivity contribution < 1.29 is 9.47 Å². The van der Waals surface area contributed by atoms with Crippen molar-refractivity contribution in [1.82, 2.24) is 0 Å². The first-order valence-corrected chi connectivity index (χ1v) is 9.21. The molecule has 2 unspecified atom stereocenters. The van der Waals surface area contributed by atoms with Gasteiger partial charge in [-0.1, -0.05) is 30.9 Å². The second-order valence-corrected chi connectivity index (χ2v) is 6.89. The van der Waals surface area contributed by atoms with Crippen LogP contribution in [-0.4, -0.2) is 18.8 Å². The first kappa shape index (κ1) is 18.1. The largest absolute Gasteiger partial charge is 0.486 e. The number of ether oxygens (including phenoxy) is 2. The molecule has 2 atom stereocenters. The highest BCUT2D eigenvalue weighted by molar-refractivity contribution is 7.80. The molecule has 1 fully saturated rings. The van der Waals surface area contributed by atoms with Crippen molar-refractivity contribution in [3.8, 4) is 0 Å². The number of methoxy groups -OCH3 is 1. The molecule has 23 heavy (non-hydrogen) atoms. The van der Waals surface area contributed by atoms with Crippen molar-refractivity contribution in [2.45, 2.75) is 32.3 Å². The van der Waals surface area contributed by atoms with Crippen LogP contribution >= 0.6 is 23.6 Å². The van der Waals surface area contributed by atoms with Crippen LogP contribution in [0.4, 0.5) is 0 Å². The number of thiocarbonyl (C=S) groups is 1. The van der Waals surface area contributed by atoms with Gasteiger partial charge in [-0.15, -0.1) is 11.3 Å². The third-order valence-electron chi connectivity index (χ3n) is 3.99. The van der Waals surface area contributed by atoms with Crippen LogP contribution in [0.2, 0.25) is 0 Å². The van der Waals surface area contributed by atoms with Crippen LogP contribution < -0.4 is 0 Å². The molecular weight excluding hydrogens is 324 g/mol. The van der Waals surface area contributed by atoms with Crippen molar-refractivity contribution in [3.05, 3.63) is 58.3 Å². The summed E-state index contributed by atoms with van der Waals surface area (Å²) in [5.74, 6) is 0.477. The molecule has 0 N–H and O–H groups in total. The first-order valence-electron chi connectivity index (χ1n) is 7.92. The van der Waals surface area contributed by atoms with Gasteiger partial charge in [0.1, 0.15) is 0 Å². The van der Waals surface area contributed by atoms with Crippen LogP contribution in [0.25, 0.3) is 0 Å². The minimum atomic E-state index is 0.131. The molecule has 0 bridgehead atoms. The Morgan fingerprint density at radius 1 is 1.57 bits per heavy atom. The first-order chi connectivity index (χ1) is 11.2. The average Bonchev–Trinajstić information content (AvgIpc) is 3.05. The number of rotatable bonds is 6. The zero-order valence-electron chi connectivity index (χ0n) is 13.8. The number of allylic oxidation sites excluding steroid dienone is 5. The van der Waals surface area contributed by atoms with Crippen LogP contribution in [0.5, 0.6) is 0 Å². The van der Waals surface area contributed by atoms with Crippen LogP contribution in [0, 0.1) is 5.92 Å². The third kappa shape index (κ3) is 4.87. The molecule has 1 aromatic heterocycles. The van der Waals surface area contributed by atoms with Gasteiger partial charge in [0, 0.05) is 6.61 Å². The Balaban J connectivity index is 2.17. The molecule has 1 aliphatic rings. The zero-order chi connectivity index (χ0) is 16.7. The van der Waals surface area contributed by atoms with Gasteiger partial charge in [-0.05, 0) is 66.9 Å². The summed E-state index contributed by atoms with van der Waals surface area (Å²) >= 11 is 6.85. The van der Waals surface area contributed by atoms with Crippen LogP contribution in [-0.2, 0) is 9.47 Å². The summed E-state index contributed by atoms with van der Waals surface area (Å²) in [6.45, 7) is 6.69. The fourth-order valence-corrected chi connectivity index (χ4v) is 4.04. The lowest BCUT2D eigenvalue weighted by Gasteiger charge is -2.32. The van der Waals surface area contributed by atoms with Crippen molar-refractivity contribution >= 4 is 28.6 Å². The van der Waals surface area contributed by atoms with Gasteiger partial charge in [0.2, 0.25) is 5.05 Å². The molecule has 2 nitrogen and oxygen atoms in total. The fourth-order valence-electron chi connectivity index (χ4n) is 2.99. The molecule has 2 rings (SSSR count). The van der Waals surface area contributed by atoms with E-state index in [1.54, 1.807) is 18.4 Å². The molecule has 0 spiro atoms. The van der Waals surface area contributed by atoms with E-state index in [2.05, 4.69) is 36.3 Å². The minimum absolute atomic E-state index is 0.131. The van der Waals surface area contributed by atoms with E-state index in [1.807, 2.05) is 13.0 Å². The molecule has 0 radical (unpaired) electrons. The second-order valence-electron chi connectivity index (χ2n) is 5.61. The highest BCUT2D eigenvalue weighted by Crippen LogP contribution is 2.39. The Morgan fingerprint density at radius 3 is 3.09 bits per heavy atom. The lowest BCUT2D eigenvalue weighted by atomic mass is 9.85. The van der Waals surface area contributed by atoms with Crippen molar-refractivity contribution in [3.63, 3.8) is 0 Å². The Labute approximate surface area is 148 Å². The van der Waals surface area contributed by atoms with Gasteiger partial charge in [-0.2, -0.15) is 0 Å². The van der Waals surface area contributed by atoms with Gasteiger partial charge < -0.3 is 9.47 Å². The minimum Gasteiger partial charge on any atom is -0.486 e. The summed E-state index contributed by atoms with van der Waals surface area (Å²) in [6, 6.07) is 2.12. The van der Waals surface area contributed by atoms with E-state index in [1.165, 1.54) is 17.6 Å². The van der Waals surface area contributed by atoms with E-state index in [0.717, 1.165) is 24.3 Å². The molecule has 0 amide bonds. The maximum absolute atomic E-state index is 6.11. The number of hydrogen-bond donors (Lipinski definition) is 0. The maximum atomic E-state index is 6.11. The second kappa shape index (κ2) is 9.16. The molecular formula is C19H24O2S2. The Kier molecular flexibility index (Phi) is 7.21. The quantitative estimate of drug-likeness (QED) is 0.491. The summed E-state index contributed by atoms with van der Waals surface area (Å²) in [5.41, 5.74) is 2.51. The maximum Gasteiger partial charge on any atom is 0.201 e. The van der Waals surface area contributed by atoms with Gasteiger partial charge in [0.05, 0.1) is 18.1 Å². The Bertz CT molecular complexity index is 598. The molecule has 0 aromatic carbocycles. The summed E-state index contributed by atoms with van der Waals surface area (Å²) in [5, 5.41) is 2.70. The molecule has 1 aromatic rings. The van der Waals surface area contributed by atoms with E-state index >= 15 is 0 Å². The zero-order valence-corrected chi connectivity index (χ0v) is 15.4. The van der Waals surface area contributed by atoms with E-state index in [9.17, 15) is 0 Å². The fraction of sp³-hybridized carbons (Fsp3) is 0.421. The molecule has 1 aliphatic heterocycles. The van der Waals surface area contributed by atoms with E-state index in [0.29, 0.717) is 11.0 Å². The smallest absolute Gasteiger partial charge is 0.201 e. The number of thiophene rings is 1. The molecule has 0 saturated carbocycles. The van der Waals surface area contributed by atoms with Crippen molar-refractivity contribution in [2.75, 3.05) is 13.7 Å². The molecule has 1 saturated heterocycles. The van der Waals surface area contributed by atoms with Crippen molar-refractivity contribution in [1.29, 1.82) is 0 Å². The van der Waals surface area contributed by atoms with Gasteiger partial charge in [0.25, 0.3) is 0 Å². The van der Waals surface area contributed by atoms with E-state index < -0.39 is 0 Å². The summed E-state index contributed by atoms with van der Waals surface area (Å²) in [6.07, 6.45) is 11.6. The topological polar surface area (TPSA) is 18.5 Å². The molecule has 124 valence electrons. The average molecular weight is 349 g/mol. The highest BCUT2D eigenvalue weighted by atomic mass is 32.1. The Hall–Kier alpha value is -1.23. The Morgan fingerprint density at radius 2 is 2.39 bits per heavy atom. The van der Waals surface area contributed by atoms with Crippen LogP contribution in [0.3, 0.4) is 0 Å². The predicted molar refractivity (Wildman–Crippen MR) is 102 cm³/mol. The lowest BCUT2D eigenvalue weighted by molar-refractivity contribution is -0.0276. The summed E-state index contributed by atoms with van der Waals surface area (Å²) in [7, 11) is 1.62. The van der Waals surface area contributed by atoms with Gasteiger partial charge >= 0.3 is 0 Å². The number of hydrogen-bond acceptors (Lipinski definition) is 4. The summed E-state index contributed by atoms with van der Waals surface area (Å²) in [4.78, 5) is 1.00. The van der Waals surface area contributed by atoms with Crippen molar-refractivity contribution in [2.24, 2.45) is 5.92 Å². The van der Waals surface area contributed by atoms with Crippen LogP contribution in [0.15, 0.2) is 47.9 Å². The summed E-state index contributed by atoms with van der Waals surface area (Å²) < 4.78 is 11.3. The standard InChI is InChI=1S/C19H24O2S2/c1-4-7-14(8-5-2)11-15-9-6-10-21-18(15)16-12-17(23-13-16)19(22)20-3/h4-5,7-8,12-13,15,18H,1,6,9-11H2,2-3H3/b8-5-,14-7+. The van der Waals surface area contributed by atoms with Gasteiger partial charge in [0.15, 0.2) is 0 Å². The van der Waals surface area contributed by atoms with Gasteiger partial charge in [-0.25, -0.2) is 0 Å². The predicted octanol–water partition coefficient (Wildman–Crippen LogP) is 5.62. The third-order valence-corrected chi connectivity index (χ3v) is 5.45. The monoisotopic (exact) mass is 348 g/mol. The lowest BCUT2D eigenvalue weighted by Crippen LogP contribution is -2.22. The molecule has 0 aliphatic carbocycles. The van der Waals surface area contributed by atoms with Gasteiger partial charge in [-0.3, -0.25) is 0 Å². The normalized spacial score (nSPS) is 22.3. The van der Waals surface area contributed by atoms with Crippen LogP contribution in [0.1, 0.15) is 42.7 Å².